The van der Waals surface area contributed by atoms with E-state index in [2.05, 4.69) is 67.7 Å². The van der Waals surface area contributed by atoms with Crippen molar-refractivity contribution >= 4 is 17.3 Å². The van der Waals surface area contributed by atoms with Crippen LogP contribution in [0, 0.1) is 6.92 Å². The molecule has 1 amide bonds. The number of carbonyl (C=O) groups is 1. The molecule has 0 saturated carbocycles. The van der Waals surface area contributed by atoms with Gasteiger partial charge in [-0.15, -0.1) is 0 Å². The number of nitrogens with zero attached hydrogens (tertiary/aromatic N) is 1. The van der Waals surface area contributed by atoms with Crippen molar-refractivity contribution in [1.29, 1.82) is 0 Å². The van der Waals surface area contributed by atoms with Gasteiger partial charge < -0.3 is 5.32 Å². The monoisotopic (exact) mass is 356 g/mol. The van der Waals surface area contributed by atoms with Crippen LogP contribution in [0.5, 0.6) is 0 Å². The van der Waals surface area contributed by atoms with E-state index >= 15 is 0 Å². The highest BCUT2D eigenvalue weighted by Gasteiger charge is 2.33. The van der Waals surface area contributed by atoms with Gasteiger partial charge >= 0.3 is 0 Å². The standard InChI is InChI=1S/C24H24N2O/c1-3-6-18-11-15-20(16-12-18)26-23(19-13-9-17(2)10-14-19)25-22-8-5-4-7-21(22)24(26)27/h4-5,7-16,23,25H,3,6H2,1-2H3. The highest BCUT2D eigenvalue weighted by atomic mass is 16.2. The maximum absolute atomic E-state index is 13.4. The average molecular weight is 356 g/mol. The van der Waals surface area contributed by atoms with E-state index < -0.39 is 0 Å². The third-order valence-electron chi connectivity index (χ3n) is 5.07. The number of rotatable bonds is 4. The lowest BCUT2D eigenvalue weighted by molar-refractivity contribution is 0.0975. The lowest BCUT2D eigenvalue weighted by atomic mass is 10.0. The molecule has 3 nitrogen and oxygen atoms in total. The number of carbonyl (C=O) groups excluding carboxylic acids is 1. The van der Waals surface area contributed by atoms with E-state index in [1.54, 1.807) is 0 Å². The van der Waals surface area contributed by atoms with Crippen molar-refractivity contribution in [3.05, 3.63) is 95.1 Å². The summed E-state index contributed by atoms with van der Waals surface area (Å²) in [5.41, 5.74) is 6.07. The van der Waals surface area contributed by atoms with Gasteiger partial charge in [-0.1, -0.05) is 67.4 Å². The van der Waals surface area contributed by atoms with Crippen LogP contribution < -0.4 is 10.2 Å². The molecule has 3 aromatic rings. The Morgan fingerprint density at radius 2 is 1.63 bits per heavy atom. The SMILES string of the molecule is CCCc1ccc(N2C(=O)c3ccccc3NC2c2ccc(C)cc2)cc1. The lowest BCUT2D eigenvalue weighted by Crippen LogP contribution is -2.43. The Labute approximate surface area is 160 Å². The van der Waals surface area contributed by atoms with Gasteiger partial charge in [-0.05, 0) is 48.7 Å². The molecular weight excluding hydrogens is 332 g/mol. The van der Waals surface area contributed by atoms with Crippen molar-refractivity contribution in [2.75, 3.05) is 10.2 Å². The van der Waals surface area contributed by atoms with Crippen molar-refractivity contribution in [2.45, 2.75) is 32.9 Å². The predicted molar refractivity (Wildman–Crippen MR) is 111 cm³/mol. The fraction of sp³-hybridized carbons (Fsp3) is 0.208. The van der Waals surface area contributed by atoms with Gasteiger partial charge in [-0.25, -0.2) is 0 Å². The zero-order chi connectivity index (χ0) is 18.8. The van der Waals surface area contributed by atoms with Crippen molar-refractivity contribution in [3.63, 3.8) is 0 Å². The summed E-state index contributed by atoms with van der Waals surface area (Å²) in [4.78, 5) is 15.2. The lowest BCUT2D eigenvalue weighted by Gasteiger charge is -2.38. The maximum Gasteiger partial charge on any atom is 0.262 e. The largest absolute Gasteiger partial charge is 0.360 e. The Morgan fingerprint density at radius 3 is 2.33 bits per heavy atom. The Kier molecular flexibility index (Phi) is 4.68. The summed E-state index contributed by atoms with van der Waals surface area (Å²) in [6, 6.07) is 24.4. The average Bonchev–Trinajstić information content (AvgIpc) is 2.70. The fourth-order valence-electron chi connectivity index (χ4n) is 3.61. The van der Waals surface area contributed by atoms with Crippen molar-refractivity contribution < 1.29 is 4.79 Å². The number of nitrogens with one attached hydrogen (secondary N) is 1. The zero-order valence-electron chi connectivity index (χ0n) is 15.8. The van der Waals surface area contributed by atoms with E-state index in [0.717, 1.165) is 29.8 Å². The van der Waals surface area contributed by atoms with E-state index in [9.17, 15) is 4.79 Å². The number of benzene rings is 3. The number of aryl methyl sites for hydroxylation is 2. The summed E-state index contributed by atoms with van der Waals surface area (Å²) in [5, 5.41) is 3.56. The molecule has 3 heteroatoms. The van der Waals surface area contributed by atoms with Crippen LogP contribution in [0.2, 0.25) is 0 Å². The molecule has 136 valence electrons. The topological polar surface area (TPSA) is 32.3 Å². The molecule has 1 atom stereocenters. The normalized spacial score (nSPS) is 16.0. The molecule has 3 aromatic carbocycles. The molecule has 1 unspecified atom stereocenters. The molecule has 0 saturated heterocycles. The number of para-hydroxylation sites is 1. The first-order valence-corrected chi connectivity index (χ1v) is 9.52. The Hall–Kier alpha value is -3.07. The highest BCUT2D eigenvalue weighted by Crippen LogP contribution is 2.36. The number of hydrogen-bond acceptors (Lipinski definition) is 2. The van der Waals surface area contributed by atoms with Crippen LogP contribution in [0.4, 0.5) is 11.4 Å². The maximum atomic E-state index is 13.4. The van der Waals surface area contributed by atoms with Gasteiger partial charge in [0.2, 0.25) is 0 Å². The van der Waals surface area contributed by atoms with E-state index in [4.69, 9.17) is 0 Å². The van der Waals surface area contributed by atoms with Crippen molar-refractivity contribution in [3.8, 4) is 0 Å². The van der Waals surface area contributed by atoms with Gasteiger partial charge in [0.25, 0.3) is 5.91 Å². The Bertz CT molecular complexity index is 945. The number of amides is 1. The molecular formula is C24H24N2O. The molecule has 27 heavy (non-hydrogen) atoms. The second-order valence-electron chi connectivity index (χ2n) is 7.09. The summed E-state index contributed by atoms with van der Waals surface area (Å²) >= 11 is 0. The van der Waals surface area contributed by atoms with Crippen LogP contribution >= 0.6 is 0 Å². The molecule has 1 aliphatic rings. The van der Waals surface area contributed by atoms with E-state index in [0.29, 0.717) is 5.56 Å². The first-order chi connectivity index (χ1) is 13.2. The van der Waals surface area contributed by atoms with Crippen LogP contribution in [0.15, 0.2) is 72.8 Å². The third-order valence-corrected chi connectivity index (χ3v) is 5.07. The molecule has 1 aliphatic heterocycles. The van der Waals surface area contributed by atoms with Gasteiger partial charge in [0.15, 0.2) is 0 Å². The predicted octanol–water partition coefficient (Wildman–Crippen LogP) is 5.72. The summed E-state index contributed by atoms with van der Waals surface area (Å²) in [6.45, 7) is 4.25. The van der Waals surface area contributed by atoms with Crippen LogP contribution in [-0.2, 0) is 6.42 Å². The molecule has 0 radical (unpaired) electrons. The molecule has 4 rings (SSSR count). The smallest absolute Gasteiger partial charge is 0.262 e. The van der Waals surface area contributed by atoms with Crippen molar-refractivity contribution in [1.82, 2.24) is 0 Å². The summed E-state index contributed by atoms with van der Waals surface area (Å²) in [6.07, 6.45) is 1.93. The minimum absolute atomic E-state index is 0.0261. The fourth-order valence-corrected chi connectivity index (χ4v) is 3.61. The van der Waals surface area contributed by atoms with E-state index in [1.165, 1.54) is 11.1 Å². The molecule has 1 heterocycles. The summed E-state index contributed by atoms with van der Waals surface area (Å²) < 4.78 is 0. The summed E-state index contributed by atoms with van der Waals surface area (Å²) in [7, 11) is 0. The van der Waals surface area contributed by atoms with Crippen molar-refractivity contribution in [2.24, 2.45) is 0 Å². The molecule has 0 aromatic heterocycles. The Balaban J connectivity index is 1.79. The van der Waals surface area contributed by atoms with Gasteiger partial charge in [-0.3, -0.25) is 9.69 Å². The van der Waals surface area contributed by atoms with Gasteiger partial charge in [0.1, 0.15) is 6.17 Å². The quantitative estimate of drug-likeness (QED) is 0.648. The van der Waals surface area contributed by atoms with Crippen LogP contribution in [0.1, 0.15) is 46.6 Å². The minimum Gasteiger partial charge on any atom is -0.360 e. The summed E-state index contributed by atoms with van der Waals surface area (Å²) in [5.74, 6) is 0.0261. The third kappa shape index (κ3) is 3.33. The highest BCUT2D eigenvalue weighted by molar-refractivity contribution is 6.12. The van der Waals surface area contributed by atoms with E-state index in [-0.39, 0.29) is 12.1 Å². The number of fused-ring (bicyclic) bond motifs is 1. The molecule has 0 fully saturated rings. The van der Waals surface area contributed by atoms with E-state index in [1.807, 2.05) is 29.2 Å². The van der Waals surface area contributed by atoms with Gasteiger partial charge in [0, 0.05) is 11.4 Å². The van der Waals surface area contributed by atoms with Gasteiger partial charge in [0.05, 0.1) is 5.56 Å². The first-order valence-electron chi connectivity index (χ1n) is 9.52. The van der Waals surface area contributed by atoms with Crippen LogP contribution in [-0.4, -0.2) is 5.91 Å². The Morgan fingerprint density at radius 1 is 0.926 bits per heavy atom. The van der Waals surface area contributed by atoms with Crippen LogP contribution in [0.25, 0.3) is 0 Å². The number of hydrogen-bond donors (Lipinski definition) is 1. The minimum atomic E-state index is -0.231. The zero-order valence-corrected chi connectivity index (χ0v) is 15.8. The molecule has 0 aliphatic carbocycles. The molecule has 1 N–H and O–H groups in total. The second-order valence-corrected chi connectivity index (χ2v) is 7.09. The number of anilines is 2. The van der Waals surface area contributed by atoms with Crippen LogP contribution in [0.3, 0.4) is 0 Å². The van der Waals surface area contributed by atoms with Gasteiger partial charge in [-0.2, -0.15) is 0 Å². The second kappa shape index (κ2) is 7.28. The first kappa shape index (κ1) is 17.3. The molecule has 0 spiro atoms. The molecule has 0 bridgehead atoms.